The molecule has 0 radical (unpaired) electrons. The van der Waals surface area contributed by atoms with Crippen LogP contribution in [0.25, 0.3) is 0 Å². The van der Waals surface area contributed by atoms with Crippen LogP contribution in [0.2, 0.25) is 0 Å². The average molecular weight is 295 g/mol. The Morgan fingerprint density at radius 2 is 1.76 bits per heavy atom. The normalized spacial score (nSPS) is 13.0. The molecule has 0 aliphatic carbocycles. The van der Waals surface area contributed by atoms with Crippen molar-refractivity contribution < 1.29 is 5.11 Å². The van der Waals surface area contributed by atoms with Crippen molar-refractivity contribution in [3.8, 4) is 0 Å². The van der Waals surface area contributed by atoms with Crippen LogP contribution >= 0.6 is 0 Å². The molecule has 0 saturated heterocycles. The fraction of sp³-hybridized carbons (Fsp3) is 0.882. The lowest BCUT2D eigenvalue weighted by Crippen LogP contribution is -2.17. The van der Waals surface area contributed by atoms with Crippen LogP contribution in [0.1, 0.15) is 78.0 Å². The zero-order valence-corrected chi connectivity index (χ0v) is 14.1. The van der Waals surface area contributed by atoms with Crippen LogP contribution in [-0.2, 0) is 13.0 Å². The molecule has 1 rings (SSSR count). The smallest absolute Gasteiger partial charge is 0.138 e. The number of rotatable bonds is 12. The van der Waals surface area contributed by atoms with Crippen molar-refractivity contribution in [3.05, 3.63) is 12.2 Å². The molecule has 21 heavy (non-hydrogen) atoms. The summed E-state index contributed by atoms with van der Waals surface area (Å²) in [5.74, 6) is 1.46. The molecule has 0 aliphatic heterocycles. The summed E-state index contributed by atoms with van der Waals surface area (Å²) >= 11 is 0. The first-order valence-corrected chi connectivity index (χ1v) is 8.68. The number of aromatic nitrogens is 3. The molecule has 1 atom stereocenters. The second-order valence-electron chi connectivity index (χ2n) is 6.52. The first-order chi connectivity index (χ1) is 10.1. The van der Waals surface area contributed by atoms with Gasteiger partial charge in [-0.2, -0.15) is 5.10 Å². The number of aliphatic hydroxyl groups excluding tert-OH is 1. The van der Waals surface area contributed by atoms with Crippen LogP contribution in [0.5, 0.6) is 0 Å². The molecule has 4 nitrogen and oxygen atoms in total. The molecule has 0 aromatic carbocycles. The highest BCUT2D eigenvalue weighted by Crippen LogP contribution is 2.12. The SMILES string of the molecule is CCCCCCCCCC(O)Cc1ncnn1CC(C)C. The summed E-state index contributed by atoms with van der Waals surface area (Å²) in [6.45, 7) is 7.45. The highest BCUT2D eigenvalue weighted by atomic mass is 16.3. The van der Waals surface area contributed by atoms with E-state index in [9.17, 15) is 5.11 Å². The van der Waals surface area contributed by atoms with Gasteiger partial charge in [0.25, 0.3) is 0 Å². The van der Waals surface area contributed by atoms with Gasteiger partial charge in [-0.1, -0.05) is 65.7 Å². The summed E-state index contributed by atoms with van der Waals surface area (Å²) in [6, 6.07) is 0. The summed E-state index contributed by atoms with van der Waals surface area (Å²) in [4.78, 5) is 4.28. The number of unbranched alkanes of at least 4 members (excludes halogenated alkanes) is 6. The molecule has 1 N–H and O–H groups in total. The zero-order chi connectivity index (χ0) is 15.5. The average Bonchev–Trinajstić information content (AvgIpc) is 2.84. The highest BCUT2D eigenvalue weighted by molar-refractivity contribution is 4.87. The van der Waals surface area contributed by atoms with E-state index in [0.29, 0.717) is 12.3 Å². The second kappa shape index (κ2) is 10.8. The van der Waals surface area contributed by atoms with Crippen molar-refractivity contribution in [3.63, 3.8) is 0 Å². The van der Waals surface area contributed by atoms with E-state index in [4.69, 9.17) is 0 Å². The van der Waals surface area contributed by atoms with Crippen molar-refractivity contribution in [2.75, 3.05) is 0 Å². The number of hydrogen-bond acceptors (Lipinski definition) is 3. The Morgan fingerprint density at radius 1 is 1.10 bits per heavy atom. The van der Waals surface area contributed by atoms with Gasteiger partial charge in [-0.05, 0) is 12.3 Å². The topological polar surface area (TPSA) is 50.9 Å². The molecule has 1 unspecified atom stereocenters. The van der Waals surface area contributed by atoms with Gasteiger partial charge in [0, 0.05) is 13.0 Å². The van der Waals surface area contributed by atoms with Crippen LogP contribution in [0.3, 0.4) is 0 Å². The van der Waals surface area contributed by atoms with Crippen LogP contribution in [0, 0.1) is 5.92 Å². The maximum Gasteiger partial charge on any atom is 0.138 e. The van der Waals surface area contributed by atoms with Crippen LogP contribution < -0.4 is 0 Å². The third-order valence-electron chi connectivity index (χ3n) is 3.79. The van der Waals surface area contributed by atoms with E-state index in [1.807, 2.05) is 4.68 Å². The molecule has 122 valence electrons. The van der Waals surface area contributed by atoms with Crippen LogP contribution in [0.4, 0.5) is 0 Å². The number of hydrogen-bond donors (Lipinski definition) is 1. The van der Waals surface area contributed by atoms with Crippen molar-refractivity contribution in [1.82, 2.24) is 14.8 Å². The van der Waals surface area contributed by atoms with E-state index in [-0.39, 0.29) is 6.10 Å². The lowest BCUT2D eigenvalue weighted by atomic mass is 10.0. The minimum absolute atomic E-state index is 0.282. The Labute approximate surface area is 130 Å². The van der Waals surface area contributed by atoms with Gasteiger partial charge in [-0.3, -0.25) is 0 Å². The molecule has 0 bridgehead atoms. The van der Waals surface area contributed by atoms with Crippen molar-refractivity contribution >= 4 is 0 Å². The molecule has 0 saturated carbocycles. The van der Waals surface area contributed by atoms with Crippen LogP contribution in [-0.4, -0.2) is 26.0 Å². The van der Waals surface area contributed by atoms with E-state index >= 15 is 0 Å². The van der Waals surface area contributed by atoms with E-state index < -0.39 is 0 Å². The second-order valence-corrected chi connectivity index (χ2v) is 6.52. The van der Waals surface area contributed by atoms with Crippen molar-refractivity contribution in [2.45, 2.75) is 91.2 Å². The van der Waals surface area contributed by atoms with Gasteiger partial charge >= 0.3 is 0 Å². The molecule has 1 heterocycles. The predicted molar refractivity (Wildman–Crippen MR) is 87.2 cm³/mol. The fourth-order valence-corrected chi connectivity index (χ4v) is 2.59. The summed E-state index contributed by atoms with van der Waals surface area (Å²) in [5, 5.41) is 14.4. The number of nitrogens with zero attached hydrogens (tertiary/aromatic N) is 3. The van der Waals surface area contributed by atoms with Crippen molar-refractivity contribution in [1.29, 1.82) is 0 Å². The number of aliphatic hydroxyl groups is 1. The molecule has 1 aromatic rings. The lowest BCUT2D eigenvalue weighted by Gasteiger charge is -2.12. The van der Waals surface area contributed by atoms with Gasteiger partial charge in [0.2, 0.25) is 0 Å². The molecule has 0 amide bonds. The molecule has 4 heteroatoms. The molecular formula is C17H33N3O. The minimum atomic E-state index is -0.282. The Morgan fingerprint density at radius 3 is 2.43 bits per heavy atom. The van der Waals surface area contributed by atoms with E-state index in [1.54, 1.807) is 6.33 Å². The third-order valence-corrected chi connectivity index (χ3v) is 3.79. The Hall–Kier alpha value is -0.900. The summed E-state index contributed by atoms with van der Waals surface area (Å²) in [5.41, 5.74) is 0. The van der Waals surface area contributed by atoms with Crippen LogP contribution in [0.15, 0.2) is 6.33 Å². The summed E-state index contributed by atoms with van der Waals surface area (Å²) in [6.07, 6.45) is 11.8. The van der Waals surface area contributed by atoms with Gasteiger partial charge in [0.15, 0.2) is 0 Å². The molecule has 1 aromatic heterocycles. The standard InChI is InChI=1S/C17H33N3O/c1-4-5-6-7-8-9-10-11-16(21)12-17-18-14-19-20(17)13-15(2)3/h14-16,21H,4-13H2,1-3H3. The molecular weight excluding hydrogens is 262 g/mol. The maximum atomic E-state index is 10.1. The maximum absolute atomic E-state index is 10.1. The molecule has 0 spiro atoms. The van der Waals surface area contributed by atoms with Gasteiger partial charge in [-0.15, -0.1) is 0 Å². The summed E-state index contributed by atoms with van der Waals surface area (Å²) in [7, 11) is 0. The van der Waals surface area contributed by atoms with E-state index in [0.717, 1.165) is 25.2 Å². The largest absolute Gasteiger partial charge is 0.393 e. The predicted octanol–water partition coefficient (Wildman–Crippen LogP) is 3.98. The van der Waals surface area contributed by atoms with Gasteiger partial charge in [-0.25, -0.2) is 9.67 Å². The monoisotopic (exact) mass is 295 g/mol. The lowest BCUT2D eigenvalue weighted by molar-refractivity contribution is 0.156. The fourth-order valence-electron chi connectivity index (χ4n) is 2.59. The zero-order valence-electron chi connectivity index (χ0n) is 14.1. The quantitative estimate of drug-likeness (QED) is 0.593. The Balaban J connectivity index is 2.16. The van der Waals surface area contributed by atoms with E-state index in [1.165, 1.54) is 38.5 Å². The summed E-state index contributed by atoms with van der Waals surface area (Å²) < 4.78 is 1.93. The molecule has 0 aliphatic rings. The first-order valence-electron chi connectivity index (χ1n) is 8.68. The Bertz CT molecular complexity index is 363. The van der Waals surface area contributed by atoms with Gasteiger partial charge in [0.1, 0.15) is 12.2 Å². The van der Waals surface area contributed by atoms with Crippen molar-refractivity contribution in [2.24, 2.45) is 5.92 Å². The minimum Gasteiger partial charge on any atom is -0.393 e. The van der Waals surface area contributed by atoms with Gasteiger partial charge < -0.3 is 5.11 Å². The highest BCUT2D eigenvalue weighted by Gasteiger charge is 2.11. The molecule has 0 fully saturated rings. The Kier molecular flexibility index (Phi) is 9.31. The first kappa shape index (κ1) is 18.1. The van der Waals surface area contributed by atoms with E-state index in [2.05, 4.69) is 30.9 Å². The van der Waals surface area contributed by atoms with Gasteiger partial charge in [0.05, 0.1) is 6.10 Å². The third kappa shape index (κ3) is 8.20.